The predicted molar refractivity (Wildman–Crippen MR) is 47.8 cm³/mol. The van der Waals surface area contributed by atoms with Crippen LogP contribution in [-0.2, 0) is 14.3 Å². The lowest BCUT2D eigenvalue weighted by molar-refractivity contribution is -0.139. The molecule has 1 saturated heterocycles. The zero-order chi connectivity index (χ0) is 10.9. The molecule has 0 aromatic carbocycles. The van der Waals surface area contributed by atoms with Gasteiger partial charge in [-0.25, -0.2) is 4.79 Å². The van der Waals surface area contributed by atoms with Gasteiger partial charge >= 0.3 is 6.09 Å². The SMILES string of the molecule is CC(C)(C)OC(=O)N1CC(=O)C1C=O. The Bertz CT molecular complexity index is 279. The maximum Gasteiger partial charge on any atom is 0.411 e. The molecule has 0 radical (unpaired) electrons. The smallest absolute Gasteiger partial charge is 0.411 e. The van der Waals surface area contributed by atoms with Crippen LogP contribution in [0.1, 0.15) is 20.8 Å². The number of nitrogens with zero attached hydrogens (tertiary/aromatic N) is 1. The Hall–Kier alpha value is -1.39. The third-order valence-corrected chi connectivity index (χ3v) is 1.75. The number of ether oxygens (including phenoxy) is 1. The van der Waals surface area contributed by atoms with Crippen molar-refractivity contribution >= 4 is 18.2 Å². The van der Waals surface area contributed by atoms with Gasteiger partial charge in [-0.15, -0.1) is 0 Å². The summed E-state index contributed by atoms with van der Waals surface area (Å²) in [7, 11) is 0. The summed E-state index contributed by atoms with van der Waals surface area (Å²) < 4.78 is 5.00. The summed E-state index contributed by atoms with van der Waals surface area (Å²) in [6, 6.07) is -0.940. The second kappa shape index (κ2) is 3.40. The molecule has 5 heteroatoms. The molecule has 1 heterocycles. The predicted octanol–water partition coefficient (Wildman–Crippen LogP) is 0.374. The summed E-state index contributed by atoms with van der Waals surface area (Å²) in [5, 5.41) is 0. The van der Waals surface area contributed by atoms with Crippen LogP contribution in [0.3, 0.4) is 0 Å². The van der Waals surface area contributed by atoms with Crippen LogP contribution >= 0.6 is 0 Å². The number of ketones is 1. The molecular formula is C9H13NO4. The molecule has 0 aromatic rings. The molecule has 0 spiro atoms. The number of Topliss-reactive ketones (excluding diaryl/α,β-unsaturated/α-hetero) is 1. The van der Waals surface area contributed by atoms with E-state index in [1.54, 1.807) is 20.8 Å². The lowest BCUT2D eigenvalue weighted by Crippen LogP contribution is -2.61. The molecule has 0 N–H and O–H groups in total. The standard InChI is InChI=1S/C9H13NO4/c1-9(2,3)14-8(13)10-4-7(12)6(10)5-11/h5-6H,4H2,1-3H3. The van der Waals surface area contributed by atoms with Gasteiger partial charge in [-0.05, 0) is 20.8 Å². The molecule has 0 aromatic heterocycles. The van der Waals surface area contributed by atoms with Crippen molar-refractivity contribution in [2.75, 3.05) is 6.54 Å². The summed E-state index contributed by atoms with van der Waals surface area (Å²) in [5.41, 5.74) is -0.608. The minimum atomic E-state index is -0.940. The Labute approximate surface area is 82.0 Å². The maximum absolute atomic E-state index is 11.3. The first-order valence-electron chi connectivity index (χ1n) is 4.33. The Morgan fingerprint density at radius 2 is 2.14 bits per heavy atom. The molecule has 1 fully saturated rings. The zero-order valence-corrected chi connectivity index (χ0v) is 8.44. The molecule has 1 atom stereocenters. The minimum Gasteiger partial charge on any atom is -0.444 e. The number of hydrogen-bond acceptors (Lipinski definition) is 4. The summed E-state index contributed by atoms with van der Waals surface area (Å²) >= 11 is 0. The van der Waals surface area contributed by atoms with Gasteiger partial charge in [-0.1, -0.05) is 0 Å². The largest absolute Gasteiger partial charge is 0.444 e. The molecule has 14 heavy (non-hydrogen) atoms. The normalized spacial score (nSPS) is 21.5. The molecule has 0 saturated carbocycles. The number of likely N-dealkylation sites (tertiary alicyclic amines) is 1. The van der Waals surface area contributed by atoms with Crippen molar-refractivity contribution in [3.05, 3.63) is 0 Å². The van der Waals surface area contributed by atoms with E-state index < -0.39 is 17.7 Å². The summed E-state index contributed by atoms with van der Waals surface area (Å²) in [4.78, 5) is 33.7. The van der Waals surface area contributed by atoms with Gasteiger partial charge in [-0.3, -0.25) is 9.69 Å². The van der Waals surface area contributed by atoms with Crippen molar-refractivity contribution in [2.24, 2.45) is 0 Å². The third kappa shape index (κ3) is 2.10. The van der Waals surface area contributed by atoms with Crippen LogP contribution in [0.5, 0.6) is 0 Å². The summed E-state index contributed by atoms with van der Waals surface area (Å²) in [5.74, 6) is -0.245. The van der Waals surface area contributed by atoms with E-state index >= 15 is 0 Å². The number of hydrogen-bond donors (Lipinski definition) is 0. The van der Waals surface area contributed by atoms with Gasteiger partial charge in [0.15, 0.2) is 11.8 Å². The highest BCUT2D eigenvalue weighted by atomic mass is 16.6. The number of carbonyl (C=O) groups excluding carboxylic acids is 3. The van der Waals surface area contributed by atoms with Crippen LogP contribution < -0.4 is 0 Å². The van der Waals surface area contributed by atoms with Gasteiger partial charge in [-0.2, -0.15) is 0 Å². The summed E-state index contributed by atoms with van der Waals surface area (Å²) in [6.45, 7) is 5.14. The van der Waals surface area contributed by atoms with E-state index in [1.165, 1.54) is 0 Å². The monoisotopic (exact) mass is 199 g/mol. The third-order valence-electron chi connectivity index (χ3n) is 1.75. The van der Waals surface area contributed by atoms with Crippen LogP contribution in [0.4, 0.5) is 4.79 Å². The highest BCUT2D eigenvalue weighted by Gasteiger charge is 2.42. The van der Waals surface area contributed by atoms with E-state index in [4.69, 9.17) is 4.74 Å². The van der Waals surface area contributed by atoms with Gasteiger partial charge in [0.2, 0.25) is 0 Å². The van der Waals surface area contributed by atoms with E-state index in [1.807, 2.05) is 0 Å². The maximum atomic E-state index is 11.3. The van der Waals surface area contributed by atoms with Crippen LogP contribution in [0.2, 0.25) is 0 Å². The molecule has 1 rings (SSSR count). The first-order valence-corrected chi connectivity index (χ1v) is 4.33. The number of carbonyl (C=O) groups is 3. The highest BCUT2D eigenvalue weighted by Crippen LogP contribution is 2.17. The quantitative estimate of drug-likeness (QED) is 0.452. The lowest BCUT2D eigenvalue weighted by atomic mass is 10.0. The zero-order valence-electron chi connectivity index (χ0n) is 8.44. The highest BCUT2D eigenvalue weighted by molar-refractivity contribution is 6.07. The number of aldehydes is 1. The second-order valence-electron chi connectivity index (χ2n) is 4.16. The Balaban J connectivity index is 2.55. The minimum absolute atomic E-state index is 0.0294. The Morgan fingerprint density at radius 3 is 2.50 bits per heavy atom. The van der Waals surface area contributed by atoms with E-state index in [0.717, 1.165) is 4.90 Å². The van der Waals surface area contributed by atoms with Crippen LogP contribution in [-0.4, -0.2) is 41.3 Å². The van der Waals surface area contributed by atoms with Gasteiger partial charge in [0, 0.05) is 0 Å². The van der Waals surface area contributed by atoms with E-state index in [0.29, 0.717) is 6.29 Å². The van der Waals surface area contributed by atoms with Crippen LogP contribution in [0, 0.1) is 0 Å². The average molecular weight is 199 g/mol. The Morgan fingerprint density at radius 1 is 1.57 bits per heavy atom. The molecule has 78 valence electrons. The molecule has 5 nitrogen and oxygen atoms in total. The fraction of sp³-hybridized carbons (Fsp3) is 0.667. The molecule has 0 aliphatic carbocycles. The number of rotatable bonds is 1. The van der Waals surface area contributed by atoms with Crippen LogP contribution in [0.15, 0.2) is 0 Å². The fourth-order valence-electron chi connectivity index (χ4n) is 1.07. The van der Waals surface area contributed by atoms with E-state index in [2.05, 4.69) is 0 Å². The molecule has 1 aliphatic heterocycles. The second-order valence-corrected chi connectivity index (χ2v) is 4.16. The molecule has 1 unspecified atom stereocenters. The van der Waals surface area contributed by atoms with Crippen molar-refractivity contribution in [2.45, 2.75) is 32.4 Å². The van der Waals surface area contributed by atoms with Crippen molar-refractivity contribution in [1.29, 1.82) is 0 Å². The lowest BCUT2D eigenvalue weighted by Gasteiger charge is -2.36. The van der Waals surface area contributed by atoms with Gasteiger partial charge < -0.3 is 9.53 Å². The topological polar surface area (TPSA) is 63.7 Å². The van der Waals surface area contributed by atoms with Gasteiger partial charge in [0.1, 0.15) is 11.9 Å². The Kier molecular flexibility index (Phi) is 2.59. The van der Waals surface area contributed by atoms with Crippen molar-refractivity contribution in [3.63, 3.8) is 0 Å². The molecule has 1 amide bonds. The van der Waals surface area contributed by atoms with E-state index in [-0.39, 0.29) is 12.3 Å². The molecule has 1 aliphatic rings. The van der Waals surface area contributed by atoms with Crippen LogP contribution in [0.25, 0.3) is 0 Å². The first kappa shape index (κ1) is 10.7. The molecular weight excluding hydrogens is 186 g/mol. The van der Waals surface area contributed by atoms with Crippen molar-refractivity contribution < 1.29 is 19.1 Å². The van der Waals surface area contributed by atoms with Crippen molar-refractivity contribution in [3.8, 4) is 0 Å². The molecule has 0 bridgehead atoms. The summed E-state index contributed by atoms with van der Waals surface area (Å²) in [6.07, 6.45) is -0.162. The van der Waals surface area contributed by atoms with Crippen molar-refractivity contribution in [1.82, 2.24) is 4.90 Å². The van der Waals surface area contributed by atoms with Gasteiger partial charge in [0.25, 0.3) is 0 Å². The van der Waals surface area contributed by atoms with Gasteiger partial charge in [0.05, 0.1) is 6.54 Å². The first-order chi connectivity index (χ1) is 6.35. The van der Waals surface area contributed by atoms with E-state index in [9.17, 15) is 14.4 Å². The fourth-order valence-corrected chi connectivity index (χ4v) is 1.07. The number of amides is 1. The average Bonchev–Trinajstić information content (AvgIpc) is 1.97.